The van der Waals surface area contributed by atoms with E-state index in [0.29, 0.717) is 12.1 Å². The smallest absolute Gasteiger partial charge is 0.416 e. The van der Waals surface area contributed by atoms with Gasteiger partial charge in [0.2, 0.25) is 0 Å². The van der Waals surface area contributed by atoms with Gasteiger partial charge in [0.15, 0.2) is 0 Å². The van der Waals surface area contributed by atoms with Gasteiger partial charge in [0.1, 0.15) is 6.04 Å². The van der Waals surface area contributed by atoms with Crippen molar-refractivity contribution in [3.05, 3.63) is 29.8 Å². The zero-order valence-electron chi connectivity index (χ0n) is 10.0. The van der Waals surface area contributed by atoms with Crippen molar-refractivity contribution in [2.75, 3.05) is 11.9 Å². The van der Waals surface area contributed by atoms with E-state index in [1.165, 1.54) is 17.0 Å². The van der Waals surface area contributed by atoms with Gasteiger partial charge in [-0.15, -0.1) is 0 Å². The van der Waals surface area contributed by atoms with Gasteiger partial charge in [-0.3, -0.25) is 0 Å². The number of likely N-dealkylation sites (N-methyl/N-ethyl adjacent to an activating group) is 1. The number of anilines is 1. The minimum Gasteiger partial charge on any atom is -0.480 e. The number of nitrogens with zero attached hydrogens (tertiary/aromatic N) is 1. The Hall–Kier alpha value is -1.72. The first kappa shape index (κ1) is 14.3. The molecule has 1 atom stereocenters. The van der Waals surface area contributed by atoms with Crippen molar-refractivity contribution in [2.24, 2.45) is 0 Å². The summed E-state index contributed by atoms with van der Waals surface area (Å²) in [7, 11) is 1.55. The van der Waals surface area contributed by atoms with Crippen LogP contribution in [-0.2, 0) is 11.0 Å². The van der Waals surface area contributed by atoms with Crippen LogP contribution in [0.1, 0.15) is 18.9 Å². The molecular weight excluding hydrogens is 247 g/mol. The van der Waals surface area contributed by atoms with Crippen LogP contribution in [0.2, 0.25) is 0 Å². The number of alkyl halides is 3. The second kappa shape index (κ2) is 5.29. The molecule has 18 heavy (non-hydrogen) atoms. The zero-order chi connectivity index (χ0) is 13.9. The number of aliphatic carboxylic acids is 1. The topological polar surface area (TPSA) is 40.5 Å². The average molecular weight is 261 g/mol. The van der Waals surface area contributed by atoms with E-state index in [0.717, 1.165) is 12.1 Å². The molecule has 0 aliphatic heterocycles. The van der Waals surface area contributed by atoms with Gasteiger partial charge in [0.25, 0.3) is 0 Å². The molecule has 0 aromatic heterocycles. The summed E-state index contributed by atoms with van der Waals surface area (Å²) in [4.78, 5) is 12.4. The summed E-state index contributed by atoms with van der Waals surface area (Å²) < 4.78 is 37.1. The van der Waals surface area contributed by atoms with Crippen molar-refractivity contribution in [3.8, 4) is 0 Å². The molecule has 3 nitrogen and oxygen atoms in total. The maximum absolute atomic E-state index is 12.4. The molecule has 0 fully saturated rings. The molecule has 1 rings (SSSR count). The monoisotopic (exact) mass is 261 g/mol. The van der Waals surface area contributed by atoms with Crippen LogP contribution in [0.15, 0.2) is 24.3 Å². The first-order valence-electron chi connectivity index (χ1n) is 5.40. The number of hydrogen-bond acceptors (Lipinski definition) is 2. The van der Waals surface area contributed by atoms with Gasteiger partial charge >= 0.3 is 12.1 Å². The van der Waals surface area contributed by atoms with Gasteiger partial charge < -0.3 is 10.0 Å². The Morgan fingerprint density at radius 2 is 1.83 bits per heavy atom. The maximum atomic E-state index is 12.4. The molecule has 1 aromatic carbocycles. The Morgan fingerprint density at radius 1 is 1.33 bits per heavy atom. The van der Waals surface area contributed by atoms with E-state index in [4.69, 9.17) is 5.11 Å². The second-order valence-electron chi connectivity index (χ2n) is 3.92. The normalized spacial score (nSPS) is 13.2. The van der Waals surface area contributed by atoms with Crippen molar-refractivity contribution in [1.29, 1.82) is 0 Å². The Labute approximate surface area is 103 Å². The number of carboxylic acids is 1. The van der Waals surface area contributed by atoms with E-state index >= 15 is 0 Å². The highest BCUT2D eigenvalue weighted by atomic mass is 19.4. The lowest BCUT2D eigenvalue weighted by Gasteiger charge is -2.26. The highest BCUT2D eigenvalue weighted by molar-refractivity contribution is 5.78. The fraction of sp³-hybridized carbons (Fsp3) is 0.417. The molecule has 0 aliphatic rings. The first-order valence-corrected chi connectivity index (χ1v) is 5.40. The molecular formula is C12H14F3NO2. The largest absolute Gasteiger partial charge is 0.480 e. The lowest BCUT2D eigenvalue weighted by atomic mass is 10.1. The number of halogens is 3. The van der Waals surface area contributed by atoms with E-state index in [2.05, 4.69) is 0 Å². The molecule has 100 valence electrons. The van der Waals surface area contributed by atoms with Crippen molar-refractivity contribution in [1.82, 2.24) is 0 Å². The Kier molecular flexibility index (Phi) is 4.21. The van der Waals surface area contributed by atoms with Crippen molar-refractivity contribution in [2.45, 2.75) is 25.6 Å². The third kappa shape index (κ3) is 3.15. The van der Waals surface area contributed by atoms with Crippen LogP contribution < -0.4 is 4.90 Å². The first-order chi connectivity index (χ1) is 8.27. The summed E-state index contributed by atoms with van der Waals surface area (Å²) in [5, 5.41) is 8.97. The quantitative estimate of drug-likeness (QED) is 0.905. The van der Waals surface area contributed by atoms with Crippen LogP contribution in [0.3, 0.4) is 0 Å². The predicted octanol–water partition coefficient (Wildman–Crippen LogP) is 3.00. The highest BCUT2D eigenvalue weighted by Gasteiger charge is 2.30. The fourth-order valence-electron chi connectivity index (χ4n) is 1.68. The molecule has 0 aliphatic carbocycles. The molecule has 1 unspecified atom stereocenters. The molecule has 0 bridgehead atoms. The van der Waals surface area contributed by atoms with Gasteiger partial charge in [-0.1, -0.05) is 6.92 Å². The van der Waals surface area contributed by atoms with Gasteiger partial charge in [0.05, 0.1) is 5.56 Å². The van der Waals surface area contributed by atoms with E-state index < -0.39 is 23.8 Å². The van der Waals surface area contributed by atoms with Gasteiger partial charge in [-0.05, 0) is 30.7 Å². The number of benzene rings is 1. The molecule has 0 heterocycles. The van der Waals surface area contributed by atoms with Crippen molar-refractivity contribution < 1.29 is 23.1 Å². The predicted molar refractivity (Wildman–Crippen MR) is 61.6 cm³/mol. The van der Waals surface area contributed by atoms with E-state index in [9.17, 15) is 18.0 Å². The number of carbonyl (C=O) groups is 1. The minimum atomic E-state index is -4.38. The van der Waals surface area contributed by atoms with Crippen LogP contribution in [-0.4, -0.2) is 24.2 Å². The van der Waals surface area contributed by atoms with Gasteiger partial charge in [-0.25, -0.2) is 4.79 Å². The van der Waals surface area contributed by atoms with E-state index in [-0.39, 0.29) is 0 Å². The fourth-order valence-corrected chi connectivity index (χ4v) is 1.68. The molecule has 0 saturated carbocycles. The lowest BCUT2D eigenvalue weighted by molar-refractivity contribution is -0.139. The molecule has 0 amide bonds. The van der Waals surface area contributed by atoms with Crippen LogP contribution in [0, 0.1) is 0 Å². The molecule has 1 aromatic rings. The average Bonchev–Trinajstić information content (AvgIpc) is 2.28. The number of hydrogen-bond donors (Lipinski definition) is 1. The summed E-state index contributed by atoms with van der Waals surface area (Å²) >= 11 is 0. The lowest BCUT2D eigenvalue weighted by Crippen LogP contribution is -2.37. The van der Waals surface area contributed by atoms with Crippen LogP contribution >= 0.6 is 0 Å². The molecule has 0 saturated heterocycles. The molecule has 6 heteroatoms. The summed E-state index contributed by atoms with van der Waals surface area (Å²) in [5.74, 6) is -1.00. The van der Waals surface area contributed by atoms with E-state index in [1.54, 1.807) is 14.0 Å². The second-order valence-corrected chi connectivity index (χ2v) is 3.92. The van der Waals surface area contributed by atoms with E-state index in [1.807, 2.05) is 0 Å². The Morgan fingerprint density at radius 3 is 2.17 bits per heavy atom. The highest BCUT2D eigenvalue weighted by Crippen LogP contribution is 2.30. The van der Waals surface area contributed by atoms with Crippen LogP contribution in [0.4, 0.5) is 18.9 Å². The maximum Gasteiger partial charge on any atom is 0.416 e. The minimum absolute atomic E-state index is 0.368. The Balaban J connectivity index is 2.94. The SMILES string of the molecule is CCC(C(=O)O)N(C)c1ccc(C(F)(F)F)cc1. The van der Waals surface area contributed by atoms with Crippen molar-refractivity contribution in [3.63, 3.8) is 0 Å². The standard InChI is InChI=1S/C12H14F3NO2/c1-3-10(11(17)18)16(2)9-6-4-8(5-7-9)12(13,14)15/h4-7,10H,3H2,1-2H3,(H,17,18). The summed E-state index contributed by atoms with van der Waals surface area (Å²) in [6.07, 6.45) is -4.01. The zero-order valence-corrected chi connectivity index (χ0v) is 10.0. The molecule has 0 radical (unpaired) electrons. The summed E-state index contributed by atoms with van der Waals surface area (Å²) in [6.45, 7) is 1.71. The number of rotatable bonds is 4. The number of carboxylic acid groups (broad SMARTS) is 1. The molecule has 0 spiro atoms. The van der Waals surface area contributed by atoms with Crippen molar-refractivity contribution >= 4 is 11.7 Å². The summed E-state index contributed by atoms with van der Waals surface area (Å²) in [6, 6.07) is 3.69. The third-order valence-corrected chi connectivity index (χ3v) is 2.74. The van der Waals surface area contributed by atoms with Crippen LogP contribution in [0.5, 0.6) is 0 Å². The third-order valence-electron chi connectivity index (χ3n) is 2.74. The molecule has 1 N–H and O–H groups in total. The van der Waals surface area contributed by atoms with Crippen LogP contribution in [0.25, 0.3) is 0 Å². The summed E-state index contributed by atoms with van der Waals surface area (Å²) in [5.41, 5.74) is -0.305. The van der Waals surface area contributed by atoms with Gasteiger partial charge in [0, 0.05) is 12.7 Å². The van der Waals surface area contributed by atoms with Gasteiger partial charge in [-0.2, -0.15) is 13.2 Å². The Bertz CT molecular complexity index is 414.